The Labute approximate surface area is 84.3 Å². The van der Waals surface area contributed by atoms with E-state index in [0.717, 1.165) is 16.3 Å². The number of aromatic amines is 1. The molecule has 2 nitrogen and oxygen atoms in total. The lowest BCUT2D eigenvalue weighted by Gasteiger charge is -2.21. The third kappa shape index (κ3) is 1.01. The molecule has 0 amide bonds. The highest BCUT2D eigenvalue weighted by Crippen LogP contribution is 2.40. The Bertz CT molecular complexity index is 460. The predicted molar refractivity (Wildman–Crippen MR) is 53.4 cm³/mol. The molecule has 0 saturated carbocycles. The van der Waals surface area contributed by atoms with Gasteiger partial charge in [0.25, 0.3) is 0 Å². The quantitative estimate of drug-likeness (QED) is 0.711. The van der Waals surface area contributed by atoms with Gasteiger partial charge in [0, 0.05) is 10.6 Å². The fourth-order valence-electron chi connectivity index (χ4n) is 1.45. The number of nitrogens with one attached hydrogen (secondary N) is 1. The van der Waals surface area contributed by atoms with Crippen molar-refractivity contribution in [3.05, 3.63) is 28.1 Å². The summed E-state index contributed by atoms with van der Waals surface area (Å²) in [7, 11) is 0. The first kappa shape index (κ1) is 7.47. The van der Waals surface area contributed by atoms with E-state index in [2.05, 4.69) is 4.37 Å². The molecule has 0 atom stereocenters. The second-order valence-corrected chi connectivity index (χ2v) is 4.27. The fraction of sp³-hybridized carbons (Fsp3) is 0.111. The minimum Gasteiger partial charge on any atom is -0.487 e. The Balaban J connectivity index is 2.23. The van der Waals surface area contributed by atoms with Gasteiger partial charge in [0.1, 0.15) is 12.4 Å². The first-order valence-corrected chi connectivity index (χ1v) is 5.13. The van der Waals surface area contributed by atoms with E-state index >= 15 is 0 Å². The number of hydrogen-bond acceptors (Lipinski definition) is 2. The molecule has 0 spiro atoms. The molecule has 13 heavy (non-hydrogen) atoms. The van der Waals surface area contributed by atoms with E-state index in [9.17, 15) is 0 Å². The number of ether oxygens (including phenoxy) is 1. The van der Waals surface area contributed by atoms with Gasteiger partial charge in [-0.25, -0.2) is 0 Å². The highest BCUT2D eigenvalue weighted by Gasteiger charge is 2.20. The van der Waals surface area contributed by atoms with Crippen molar-refractivity contribution in [2.24, 2.45) is 0 Å². The van der Waals surface area contributed by atoms with Gasteiger partial charge in [0.15, 0.2) is 0 Å². The van der Waals surface area contributed by atoms with Crippen molar-refractivity contribution in [3.63, 3.8) is 0 Å². The summed E-state index contributed by atoms with van der Waals surface area (Å²) in [6, 6.07) is 5.72. The number of rotatable bonds is 0. The molecule has 4 heteroatoms. The first-order valence-electron chi connectivity index (χ1n) is 3.93. The van der Waals surface area contributed by atoms with Crippen LogP contribution < -0.4 is 4.74 Å². The summed E-state index contributed by atoms with van der Waals surface area (Å²) in [5.74, 6) is 0.874. The van der Waals surface area contributed by atoms with Crippen LogP contribution >= 0.6 is 23.1 Å². The molecule has 0 fully saturated rings. The average molecular weight is 212 g/mol. The van der Waals surface area contributed by atoms with Crippen LogP contribution in [0.25, 0.3) is 11.3 Å². The van der Waals surface area contributed by atoms with Crippen LogP contribution in [0.3, 0.4) is 0 Å². The molecule has 66 valence electrons. The SMILES string of the molecule is Clc1ccc2c(c1)OCc1s[nH]c1-2. The lowest BCUT2D eigenvalue weighted by atomic mass is 10.1. The number of fused-ring (bicyclic) bond motifs is 3. The molecule has 1 N–H and O–H groups in total. The zero-order valence-electron chi connectivity index (χ0n) is 6.63. The molecule has 2 aromatic rings. The van der Waals surface area contributed by atoms with Gasteiger partial charge in [0.2, 0.25) is 0 Å². The molecule has 2 heterocycles. The zero-order chi connectivity index (χ0) is 8.84. The molecule has 1 aliphatic rings. The van der Waals surface area contributed by atoms with Gasteiger partial charge in [-0.15, -0.1) is 0 Å². The summed E-state index contributed by atoms with van der Waals surface area (Å²) in [5, 5.41) is 0.717. The monoisotopic (exact) mass is 211 g/mol. The summed E-state index contributed by atoms with van der Waals surface area (Å²) >= 11 is 7.49. The maximum absolute atomic E-state index is 5.86. The summed E-state index contributed by atoms with van der Waals surface area (Å²) in [6.07, 6.45) is 0. The van der Waals surface area contributed by atoms with Crippen molar-refractivity contribution in [2.45, 2.75) is 6.61 Å². The Morgan fingerprint density at radius 2 is 2.38 bits per heavy atom. The molecule has 1 aromatic heterocycles. The fourth-order valence-corrected chi connectivity index (χ4v) is 2.29. The smallest absolute Gasteiger partial charge is 0.130 e. The van der Waals surface area contributed by atoms with Gasteiger partial charge < -0.3 is 9.11 Å². The van der Waals surface area contributed by atoms with E-state index < -0.39 is 0 Å². The molecule has 0 radical (unpaired) electrons. The Kier molecular flexibility index (Phi) is 1.45. The van der Waals surface area contributed by atoms with Crippen molar-refractivity contribution in [1.29, 1.82) is 0 Å². The molecule has 0 saturated heterocycles. The first-order chi connectivity index (χ1) is 6.34. The second kappa shape index (κ2) is 2.53. The van der Waals surface area contributed by atoms with Gasteiger partial charge >= 0.3 is 0 Å². The number of hydrogen-bond donors (Lipinski definition) is 1. The van der Waals surface area contributed by atoms with Crippen molar-refractivity contribution in [3.8, 4) is 17.0 Å². The van der Waals surface area contributed by atoms with Gasteiger partial charge in [-0.1, -0.05) is 23.1 Å². The van der Waals surface area contributed by atoms with E-state index in [1.54, 1.807) is 11.5 Å². The molecular formula is C9H6ClNOS. The van der Waals surface area contributed by atoms with E-state index in [4.69, 9.17) is 16.3 Å². The van der Waals surface area contributed by atoms with Gasteiger partial charge in [0.05, 0.1) is 10.6 Å². The summed E-state index contributed by atoms with van der Waals surface area (Å²) in [6.45, 7) is 0.667. The summed E-state index contributed by atoms with van der Waals surface area (Å²) in [4.78, 5) is 1.27. The normalized spacial score (nSPS) is 13.3. The minimum atomic E-state index is 0.667. The largest absolute Gasteiger partial charge is 0.487 e. The lowest BCUT2D eigenvalue weighted by Crippen LogP contribution is -2.07. The molecule has 0 aliphatic carbocycles. The van der Waals surface area contributed by atoms with Crippen LogP contribution in [0.5, 0.6) is 5.75 Å². The zero-order valence-corrected chi connectivity index (χ0v) is 8.21. The van der Waals surface area contributed by atoms with E-state index in [1.807, 2.05) is 18.2 Å². The van der Waals surface area contributed by atoms with Crippen molar-refractivity contribution >= 4 is 23.1 Å². The third-order valence-corrected chi connectivity index (χ3v) is 3.24. The molecule has 1 aliphatic heterocycles. The highest BCUT2D eigenvalue weighted by molar-refractivity contribution is 7.07. The van der Waals surface area contributed by atoms with Crippen LogP contribution in [0.2, 0.25) is 5.02 Å². The Morgan fingerprint density at radius 3 is 3.15 bits per heavy atom. The summed E-state index contributed by atoms with van der Waals surface area (Å²) < 4.78 is 8.73. The maximum atomic E-state index is 5.86. The van der Waals surface area contributed by atoms with Gasteiger partial charge in [-0.3, -0.25) is 0 Å². The van der Waals surface area contributed by atoms with Crippen molar-refractivity contribution in [2.75, 3.05) is 0 Å². The minimum absolute atomic E-state index is 0.667. The Hall–Kier alpha value is -0.930. The van der Waals surface area contributed by atoms with Crippen LogP contribution in [0, 0.1) is 0 Å². The average Bonchev–Trinajstić information content (AvgIpc) is 2.06. The van der Waals surface area contributed by atoms with Crippen molar-refractivity contribution in [1.82, 2.24) is 4.37 Å². The number of benzene rings is 1. The highest BCUT2D eigenvalue weighted by atomic mass is 35.5. The van der Waals surface area contributed by atoms with Crippen LogP contribution in [-0.2, 0) is 6.61 Å². The van der Waals surface area contributed by atoms with Crippen LogP contribution in [0.1, 0.15) is 4.88 Å². The molecule has 0 unspecified atom stereocenters. The van der Waals surface area contributed by atoms with Crippen LogP contribution in [0.4, 0.5) is 0 Å². The molecule has 3 rings (SSSR count). The Morgan fingerprint density at radius 1 is 1.46 bits per heavy atom. The standard InChI is InChI=1S/C9H6ClNOS/c10-5-1-2-6-7(3-5)12-4-8-9(6)11-13-8/h1-3,11H,4H2. The van der Waals surface area contributed by atoms with Crippen molar-refractivity contribution < 1.29 is 4.74 Å². The van der Waals surface area contributed by atoms with E-state index in [1.165, 1.54) is 10.6 Å². The molecular weight excluding hydrogens is 206 g/mol. The van der Waals surface area contributed by atoms with E-state index in [-0.39, 0.29) is 0 Å². The van der Waals surface area contributed by atoms with Gasteiger partial charge in [-0.2, -0.15) is 0 Å². The van der Waals surface area contributed by atoms with Crippen LogP contribution in [-0.4, -0.2) is 4.37 Å². The summed E-state index contributed by atoms with van der Waals surface area (Å²) in [5.41, 5.74) is 2.31. The topological polar surface area (TPSA) is 25.0 Å². The second-order valence-electron chi connectivity index (χ2n) is 2.93. The van der Waals surface area contributed by atoms with Gasteiger partial charge in [-0.05, 0) is 18.2 Å². The van der Waals surface area contributed by atoms with Crippen LogP contribution in [0.15, 0.2) is 18.2 Å². The van der Waals surface area contributed by atoms with E-state index in [0.29, 0.717) is 6.61 Å². The number of H-pyrrole nitrogens is 1. The number of aromatic nitrogens is 1. The lowest BCUT2D eigenvalue weighted by molar-refractivity contribution is 0.304. The molecule has 1 aromatic carbocycles. The number of halogens is 1. The third-order valence-electron chi connectivity index (χ3n) is 2.13. The predicted octanol–water partition coefficient (Wildman–Crippen LogP) is 3.29. The molecule has 0 bridgehead atoms. The maximum Gasteiger partial charge on any atom is 0.130 e.